The average Bonchev–Trinajstić information content (AvgIpc) is 2.15. The predicted octanol–water partition coefficient (Wildman–Crippen LogP) is 3.71. The molecule has 0 saturated heterocycles. The molecule has 0 aliphatic heterocycles. The van der Waals surface area contributed by atoms with Crippen LogP contribution in [0.5, 0.6) is 0 Å². The number of unbranched alkanes of at least 4 members (excludes halogenated alkanes) is 2. The second-order valence-corrected chi connectivity index (χ2v) is 9.02. The summed E-state index contributed by atoms with van der Waals surface area (Å²) in [4.78, 5) is 0. The van der Waals surface area contributed by atoms with Gasteiger partial charge in [-0.15, -0.1) is 0 Å². The number of hydrogen-bond donors (Lipinski definition) is 0. The van der Waals surface area contributed by atoms with Gasteiger partial charge in [0.15, 0.2) is 9.04 Å². The summed E-state index contributed by atoms with van der Waals surface area (Å²) >= 11 is 0. The Bertz CT molecular complexity index is 143. The largest absolute Gasteiger partial charge is 0.397 e. The van der Waals surface area contributed by atoms with Crippen molar-refractivity contribution in [3.63, 3.8) is 0 Å². The topological polar surface area (TPSA) is 18.5 Å². The van der Waals surface area contributed by atoms with Crippen LogP contribution in [0.1, 0.15) is 53.9 Å². The predicted molar refractivity (Wildman–Crippen MR) is 68.8 cm³/mol. The molecule has 0 rings (SSSR count). The van der Waals surface area contributed by atoms with Gasteiger partial charge in [-0.05, 0) is 17.5 Å². The van der Waals surface area contributed by atoms with E-state index in [0.717, 1.165) is 13.0 Å². The molecule has 0 N–H and O–H groups in total. The van der Waals surface area contributed by atoms with E-state index in [4.69, 9.17) is 9.16 Å². The van der Waals surface area contributed by atoms with Gasteiger partial charge in [0.05, 0.1) is 0 Å². The van der Waals surface area contributed by atoms with E-state index < -0.39 is 9.04 Å². The van der Waals surface area contributed by atoms with Gasteiger partial charge in [0.2, 0.25) is 0 Å². The first-order valence-electron chi connectivity index (χ1n) is 6.21. The maximum absolute atomic E-state index is 5.85. The van der Waals surface area contributed by atoms with Crippen molar-refractivity contribution in [2.24, 2.45) is 0 Å². The van der Waals surface area contributed by atoms with E-state index in [0.29, 0.717) is 11.8 Å². The summed E-state index contributed by atoms with van der Waals surface area (Å²) < 4.78 is 11.3. The summed E-state index contributed by atoms with van der Waals surface area (Å²) in [7, 11) is -1.09. The Morgan fingerprint density at radius 3 is 2.20 bits per heavy atom. The number of rotatable bonds is 8. The van der Waals surface area contributed by atoms with E-state index in [1.807, 2.05) is 0 Å². The van der Waals surface area contributed by atoms with Crippen LogP contribution in [0.4, 0.5) is 0 Å². The maximum atomic E-state index is 5.85. The molecule has 0 amide bonds. The highest BCUT2D eigenvalue weighted by atomic mass is 28.3. The van der Waals surface area contributed by atoms with Crippen LogP contribution in [0.25, 0.3) is 0 Å². The van der Waals surface area contributed by atoms with Crippen molar-refractivity contribution in [2.45, 2.75) is 65.0 Å². The summed E-state index contributed by atoms with van der Waals surface area (Å²) in [6.45, 7) is 12.6. The zero-order valence-electron chi connectivity index (χ0n) is 11.1. The van der Waals surface area contributed by atoms with Crippen molar-refractivity contribution in [2.75, 3.05) is 13.4 Å². The van der Waals surface area contributed by atoms with Gasteiger partial charge in [0, 0.05) is 6.61 Å². The van der Waals surface area contributed by atoms with Gasteiger partial charge in [-0.25, -0.2) is 0 Å². The van der Waals surface area contributed by atoms with Crippen LogP contribution < -0.4 is 0 Å². The Kier molecular flexibility index (Phi) is 8.38. The first-order valence-corrected chi connectivity index (χ1v) is 8.08. The zero-order valence-corrected chi connectivity index (χ0v) is 12.3. The SMILES string of the molecule is CCCCCOCO[SiH](CC)C(C)(C)C. The summed E-state index contributed by atoms with van der Waals surface area (Å²) in [5.74, 6) is 0. The minimum absolute atomic E-state index is 0.349. The monoisotopic (exact) mass is 232 g/mol. The molecule has 0 aromatic rings. The van der Waals surface area contributed by atoms with Gasteiger partial charge in [-0.3, -0.25) is 0 Å². The first-order chi connectivity index (χ1) is 7.02. The van der Waals surface area contributed by atoms with E-state index in [1.54, 1.807) is 0 Å². The molecule has 15 heavy (non-hydrogen) atoms. The smallest absolute Gasteiger partial charge is 0.185 e. The van der Waals surface area contributed by atoms with Crippen molar-refractivity contribution < 1.29 is 9.16 Å². The molecule has 0 heterocycles. The Balaban J connectivity index is 3.48. The van der Waals surface area contributed by atoms with Gasteiger partial charge in [0.25, 0.3) is 0 Å². The molecule has 0 saturated carbocycles. The lowest BCUT2D eigenvalue weighted by atomic mass is 10.2. The van der Waals surface area contributed by atoms with Crippen LogP contribution in [0, 0.1) is 0 Å². The molecule has 0 bridgehead atoms. The van der Waals surface area contributed by atoms with Gasteiger partial charge in [0.1, 0.15) is 6.79 Å². The fourth-order valence-electron chi connectivity index (χ4n) is 1.62. The number of ether oxygens (including phenoxy) is 1. The van der Waals surface area contributed by atoms with E-state index in [9.17, 15) is 0 Å². The van der Waals surface area contributed by atoms with E-state index in [1.165, 1.54) is 18.9 Å². The molecule has 0 aromatic heterocycles. The number of hydrogen-bond acceptors (Lipinski definition) is 2. The fourth-order valence-corrected chi connectivity index (χ4v) is 3.84. The van der Waals surface area contributed by atoms with E-state index in [-0.39, 0.29) is 0 Å². The Morgan fingerprint density at radius 2 is 1.73 bits per heavy atom. The highest BCUT2D eigenvalue weighted by Crippen LogP contribution is 2.29. The third-order valence-electron chi connectivity index (χ3n) is 2.58. The third-order valence-corrected chi connectivity index (χ3v) is 5.79. The average molecular weight is 232 g/mol. The molecule has 0 radical (unpaired) electrons. The van der Waals surface area contributed by atoms with Gasteiger partial charge in [-0.2, -0.15) is 0 Å². The van der Waals surface area contributed by atoms with Crippen LogP contribution in [-0.2, 0) is 9.16 Å². The minimum Gasteiger partial charge on any atom is -0.397 e. The molecule has 3 heteroatoms. The molecule has 0 spiro atoms. The summed E-state index contributed by atoms with van der Waals surface area (Å²) in [5.41, 5.74) is 0. The van der Waals surface area contributed by atoms with Crippen LogP contribution in [0.15, 0.2) is 0 Å². The Hall–Kier alpha value is 0.137. The van der Waals surface area contributed by atoms with Crippen LogP contribution in [-0.4, -0.2) is 22.4 Å². The van der Waals surface area contributed by atoms with Crippen LogP contribution >= 0.6 is 0 Å². The summed E-state index contributed by atoms with van der Waals surface area (Å²) in [6.07, 6.45) is 3.67. The van der Waals surface area contributed by atoms with Gasteiger partial charge >= 0.3 is 0 Å². The molecule has 1 unspecified atom stereocenters. The lowest BCUT2D eigenvalue weighted by molar-refractivity contribution is 0.00889. The maximum Gasteiger partial charge on any atom is 0.185 e. The first kappa shape index (κ1) is 15.1. The van der Waals surface area contributed by atoms with Crippen molar-refractivity contribution >= 4 is 9.04 Å². The highest BCUT2D eigenvalue weighted by Gasteiger charge is 2.25. The van der Waals surface area contributed by atoms with Crippen LogP contribution in [0.3, 0.4) is 0 Å². The van der Waals surface area contributed by atoms with Crippen molar-refractivity contribution in [1.82, 2.24) is 0 Å². The molecular weight excluding hydrogens is 204 g/mol. The molecule has 0 aliphatic rings. The van der Waals surface area contributed by atoms with Gasteiger partial charge in [-0.1, -0.05) is 47.5 Å². The second-order valence-electron chi connectivity index (χ2n) is 5.16. The van der Waals surface area contributed by atoms with Crippen LogP contribution in [0.2, 0.25) is 11.1 Å². The molecular formula is C12H28O2Si. The summed E-state index contributed by atoms with van der Waals surface area (Å²) in [5, 5.41) is 0.349. The molecule has 0 fully saturated rings. The minimum atomic E-state index is -1.09. The Morgan fingerprint density at radius 1 is 1.07 bits per heavy atom. The molecule has 1 atom stereocenters. The zero-order chi connectivity index (χ0) is 11.7. The molecule has 0 aliphatic carbocycles. The Labute approximate surface area is 97.1 Å². The van der Waals surface area contributed by atoms with E-state index >= 15 is 0 Å². The lowest BCUT2D eigenvalue weighted by Crippen LogP contribution is -2.29. The van der Waals surface area contributed by atoms with Crippen molar-refractivity contribution in [3.05, 3.63) is 0 Å². The van der Waals surface area contributed by atoms with Gasteiger partial charge < -0.3 is 9.16 Å². The van der Waals surface area contributed by atoms with E-state index in [2.05, 4.69) is 34.6 Å². The highest BCUT2D eigenvalue weighted by molar-refractivity contribution is 6.55. The molecule has 0 aromatic carbocycles. The quantitative estimate of drug-likeness (QED) is 0.361. The molecule has 2 nitrogen and oxygen atoms in total. The summed E-state index contributed by atoms with van der Waals surface area (Å²) in [6, 6.07) is 1.18. The third kappa shape index (κ3) is 8.00. The lowest BCUT2D eigenvalue weighted by Gasteiger charge is -2.27. The fraction of sp³-hybridized carbons (Fsp3) is 1.00. The van der Waals surface area contributed by atoms with Crippen molar-refractivity contribution in [1.29, 1.82) is 0 Å². The normalized spacial score (nSPS) is 14.2. The van der Waals surface area contributed by atoms with Crippen molar-refractivity contribution in [3.8, 4) is 0 Å². The standard InChI is InChI=1S/C12H28O2Si/c1-6-8-9-10-13-11-14-15(7-2)12(3,4)5/h15H,6-11H2,1-5H3. The molecule has 92 valence electrons. The second kappa shape index (κ2) is 8.31.